The van der Waals surface area contributed by atoms with Gasteiger partial charge in [0.05, 0.1) is 12.6 Å². The second-order valence-corrected chi connectivity index (χ2v) is 5.55. The van der Waals surface area contributed by atoms with Crippen LogP contribution >= 0.6 is 0 Å². The summed E-state index contributed by atoms with van der Waals surface area (Å²) in [6.07, 6.45) is -0.200. The highest BCUT2D eigenvalue weighted by molar-refractivity contribution is 5.73. The van der Waals surface area contributed by atoms with Crippen LogP contribution in [-0.4, -0.2) is 44.8 Å². The van der Waals surface area contributed by atoms with E-state index < -0.39 is 0 Å². The van der Waals surface area contributed by atoms with E-state index in [1.807, 2.05) is 30.3 Å². The number of rotatable bonds is 8. The Balaban J connectivity index is 1.73. The van der Waals surface area contributed by atoms with Gasteiger partial charge in [0, 0.05) is 20.7 Å². The largest absolute Gasteiger partial charge is 0.492 e. The molecule has 0 radical (unpaired) electrons. The SMILES string of the molecule is COC(CNC(=O)N(C)CCOc1ccc(F)cc1)c1ccccc1. The predicted octanol–water partition coefficient (Wildman–Crippen LogP) is 3.23. The first-order valence-electron chi connectivity index (χ1n) is 8.05. The fourth-order valence-electron chi connectivity index (χ4n) is 2.25. The molecule has 6 heteroatoms. The Bertz CT molecular complexity index is 649. The minimum absolute atomic E-state index is 0.200. The Morgan fingerprint density at radius 2 is 1.84 bits per heavy atom. The number of nitrogens with zero attached hydrogens (tertiary/aromatic N) is 1. The van der Waals surface area contributed by atoms with Crippen molar-refractivity contribution >= 4 is 6.03 Å². The number of carbonyl (C=O) groups excluding carboxylic acids is 1. The van der Waals surface area contributed by atoms with Crippen molar-refractivity contribution in [2.24, 2.45) is 0 Å². The molecule has 0 bridgehead atoms. The standard InChI is InChI=1S/C19H23FN2O3/c1-22(12-13-25-17-10-8-16(20)9-11-17)19(23)21-14-18(24-2)15-6-4-3-5-7-15/h3-11,18H,12-14H2,1-2H3,(H,21,23). The van der Waals surface area contributed by atoms with E-state index in [1.54, 1.807) is 26.3 Å². The molecule has 0 fully saturated rings. The van der Waals surface area contributed by atoms with Gasteiger partial charge in [-0.05, 0) is 29.8 Å². The van der Waals surface area contributed by atoms with Gasteiger partial charge >= 0.3 is 6.03 Å². The van der Waals surface area contributed by atoms with E-state index in [1.165, 1.54) is 17.0 Å². The van der Waals surface area contributed by atoms with Crippen LogP contribution in [0.1, 0.15) is 11.7 Å². The van der Waals surface area contributed by atoms with Crippen molar-refractivity contribution < 1.29 is 18.7 Å². The zero-order valence-corrected chi connectivity index (χ0v) is 14.4. The maximum atomic E-state index is 12.8. The highest BCUT2D eigenvalue weighted by Crippen LogP contribution is 2.15. The van der Waals surface area contributed by atoms with Crippen LogP contribution in [0.25, 0.3) is 0 Å². The monoisotopic (exact) mass is 346 g/mol. The Morgan fingerprint density at radius 3 is 2.48 bits per heavy atom. The molecule has 0 aliphatic heterocycles. The highest BCUT2D eigenvalue weighted by atomic mass is 19.1. The molecule has 2 aromatic carbocycles. The first-order chi connectivity index (χ1) is 12.1. The van der Waals surface area contributed by atoms with Crippen molar-refractivity contribution in [2.45, 2.75) is 6.10 Å². The molecule has 2 aromatic rings. The second-order valence-electron chi connectivity index (χ2n) is 5.55. The van der Waals surface area contributed by atoms with Gasteiger partial charge in [-0.2, -0.15) is 0 Å². The van der Waals surface area contributed by atoms with Gasteiger partial charge < -0.3 is 19.7 Å². The van der Waals surface area contributed by atoms with Gasteiger partial charge in [0.2, 0.25) is 0 Å². The first-order valence-corrected chi connectivity index (χ1v) is 8.05. The number of likely N-dealkylation sites (N-methyl/N-ethyl adjacent to an activating group) is 1. The number of ether oxygens (including phenoxy) is 2. The van der Waals surface area contributed by atoms with Crippen LogP contribution in [0, 0.1) is 5.82 Å². The molecule has 1 unspecified atom stereocenters. The van der Waals surface area contributed by atoms with Crippen LogP contribution < -0.4 is 10.1 Å². The van der Waals surface area contributed by atoms with Crippen molar-refractivity contribution in [3.05, 3.63) is 66.0 Å². The van der Waals surface area contributed by atoms with Gasteiger partial charge in [-0.25, -0.2) is 9.18 Å². The average molecular weight is 346 g/mol. The van der Waals surface area contributed by atoms with Crippen LogP contribution in [0.5, 0.6) is 5.75 Å². The summed E-state index contributed by atoms with van der Waals surface area (Å²) in [6, 6.07) is 15.3. The molecule has 2 amide bonds. The molecule has 0 aromatic heterocycles. The van der Waals surface area contributed by atoms with Crippen LogP contribution in [0.2, 0.25) is 0 Å². The summed E-state index contributed by atoms with van der Waals surface area (Å²) in [4.78, 5) is 13.7. The number of nitrogens with one attached hydrogen (secondary N) is 1. The van der Waals surface area contributed by atoms with E-state index >= 15 is 0 Å². The van der Waals surface area contributed by atoms with E-state index in [-0.39, 0.29) is 18.0 Å². The van der Waals surface area contributed by atoms with E-state index in [0.717, 1.165) is 5.56 Å². The summed E-state index contributed by atoms with van der Waals surface area (Å²) >= 11 is 0. The number of urea groups is 1. The summed E-state index contributed by atoms with van der Waals surface area (Å²) < 4.78 is 23.7. The lowest BCUT2D eigenvalue weighted by molar-refractivity contribution is 0.102. The average Bonchev–Trinajstić information content (AvgIpc) is 2.64. The van der Waals surface area contributed by atoms with Gasteiger partial charge in [-0.15, -0.1) is 0 Å². The summed E-state index contributed by atoms with van der Waals surface area (Å²) in [5.41, 5.74) is 1.01. The Hall–Kier alpha value is -2.60. The topological polar surface area (TPSA) is 50.8 Å². The minimum atomic E-state index is -0.310. The molecule has 2 rings (SSSR count). The van der Waals surface area contributed by atoms with Gasteiger partial charge in [0.25, 0.3) is 0 Å². The molecular weight excluding hydrogens is 323 g/mol. The van der Waals surface area contributed by atoms with Gasteiger partial charge in [0.1, 0.15) is 18.2 Å². The molecule has 0 saturated carbocycles. The summed E-state index contributed by atoms with van der Waals surface area (Å²) in [5, 5.41) is 2.84. The predicted molar refractivity (Wildman–Crippen MR) is 94.1 cm³/mol. The van der Waals surface area contributed by atoms with E-state index in [0.29, 0.717) is 25.4 Å². The van der Waals surface area contributed by atoms with Crippen LogP contribution in [0.15, 0.2) is 54.6 Å². The molecule has 1 atom stereocenters. The fourth-order valence-corrected chi connectivity index (χ4v) is 2.25. The number of benzene rings is 2. The lowest BCUT2D eigenvalue weighted by Gasteiger charge is -2.21. The molecule has 25 heavy (non-hydrogen) atoms. The normalized spacial score (nSPS) is 11.6. The molecule has 5 nitrogen and oxygen atoms in total. The quantitative estimate of drug-likeness (QED) is 0.798. The van der Waals surface area contributed by atoms with Gasteiger partial charge in [-0.1, -0.05) is 30.3 Å². The Kier molecular flexibility index (Phi) is 7.22. The lowest BCUT2D eigenvalue weighted by atomic mass is 10.1. The van der Waals surface area contributed by atoms with Crippen molar-refractivity contribution in [3.8, 4) is 5.75 Å². The Morgan fingerprint density at radius 1 is 1.16 bits per heavy atom. The number of carbonyl (C=O) groups is 1. The van der Waals surface area contributed by atoms with E-state index in [9.17, 15) is 9.18 Å². The molecular formula is C19H23FN2O3. The number of methoxy groups -OCH3 is 1. The number of hydrogen-bond donors (Lipinski definition) is 1. The zero-order valence-electron chi connectivity index (χ0n) is 14.4. The third-order valence-corrected chi connectivity index (χ3v) is 3.75. The number of amides is 2. The van der Waals surface area contributed by atoms with Crippen molar-refractivity contribution in [3.63, 3.8) is 0 Å². The number of hydrogen-bond acceptors (Lipinski definition) is 3. The van der Waals surface area contributed by atoms with Crippen LogP contribution in [0.3, 0.4) is 0 Å². The summed E-state index contributed by atoms with van der Waals surface area (Å²) in [5.74, 6) is 0.258. The molecule has 134 valence electrons. The van der Waals surface area contributed by atoms with Crippen molar-refractivity contribution in [1.29, 1.82) is 0 Å². The van der Waals surface area contributed by atoms with Crippen LogP contribution in [-0.2, 0) is 4.74 Å². The second kappa shape index (κ2) is 9.64. The zero-order chi connectivity index (χ0) is 18.1. The smallest absolute Gasteiger partial charge is 0.317 e. The molecule has 0 aliphatic carbocycles. The fraction of sp³-hybridized carbons (Fsp3) is 0.316. The van der Waals surface area contributed by atoms with E-state index in [2.05, 4.69) is 5.32 Å². The molecule has 0 heterocycles. The summed E-state index contributed by atoms with van der Waals surface area (Å²) in [7, 11) is 3.30. The third kappa shape index (κ3) is 6.08. The summed E-state index contributed by atoms with van der Waals surface area (Å²) in [6.45, 7) is 1.11. The molecule has 0 saturated heterocycles. The lowest BCUT2D eigenvalue weighted by Crippen LogP contribution is -2.41. The maximum Gasteiger partial charge on any atom is 0.317 e. The highest BCUT2D eigenvalue weighted by Gasteiger charge is 2.14. The van der Waals surface area contributed by atoms with Gasteiger partial charge in [0.15, 0.2) is 0 Å². The third-order valence-electron chi connectivity index (χ3n) is 3.75. The Labute approximate surface area is 147 Å². The minimum Gasteiger partial charge on any atom is -0.492 e. The van der Waals surface area contributed by atoms with Crippen molar-refractivity contribution in [2.75, 3.05) is 33.9 Å². The van der Waals surface area contributed by atoms with Gasteiger partial charge in [-0.3, -0.25) is 0 Å². The van der Waals surface area contributed by atoms with Crippen LogP contribution in [0.4, 0.5) is 9.18 Å². The first kappa shape index (κ1) is 18.7. The molecule has 0 spiro atoms. The van der Waals surface area contributed by atoms with Crippen molar-refractivity contribution in [1.82, 2.24) is 10.2 Å². The molecule has 1 N–H and O–H groups in total. The maximum absolute atomic E-state index is 12.8. The van der Waals surface area contributed by atoms with E-state index in [4.69, 9.17) is 9.47 Å². The number of halogens is 1. The molecule has 0 aliphatic rings.